The van der Waals surface area contributed by atoms with Gasteiger partial charge in [0, 0.05) is 43.5 Å². The summed E-state index contributed by atoms with van der Waals surface area (Å²) in [5.41, 5.74) is 3.82. The second-order valence-electron chi connectivity index (χ2n) is 9.11. The molecular weight excluding hydrogens is 460 g/mol. The molecule has 9 heteroatoms. The van der Waals surface area contributed by atoms with Crippen molar-refractivity contribution in [2.24, 2.45) is 11.0 Å². The van der Waals surface area contributed by atoms with Gasteiger partial charge in [-0.3, -0.25) is 4.79 Å². The molecule has 0 aliphatic carbocycles. The van der Waals surface area contributed by atoms with Gasteiger partial charge in [-0.2, -0.15) is 5.10 Å². The topological polar surface area (TPSA) is 101 Å². The van der Waals surface area contributed by atoms with Crippen LogP contribution in [0.5, 0.6) is 11.5 Å². The van der Waals surface area contributed by atoms with Gasteiger partial charge in [0.2, 0.25) is 0 Å². The number of amides is 3. The molecule has 0 aromatic heterocycles. The summed E-state index contributed by atoms with van der Waals surface area (Å²) in [6, 6.07) is 10.6. The number of nitrogens with one attached hydrogen (secondary N) is 2. The number of hydrogen-bond donors (Lipinski definition) is 2. The van der Waals surface area contributed by atoms with Crippen LogP contribution in [0.4, 0.5) is 4.79 Å². The van der Waals surface area contributed by atoms with Crippen molar-refractivity contribution in [3.8, 4) is 11.5 Å². The molecule has 1 atom stereocenters. The molecule has 9 nitrogen and oxygen atoms in total. The summed E-state index contributed by atoms with van der Waals surface area (Å²) in [6.45, 7) is 4.10. The number of hydrogen-bond acceptors (Lipinski definition) is 6. The highest BCUT2D eigenvalue weighted by molar-refractivity contribution is 6.15. The maximum Gasteiger partial charge on any atom is 0.337 e. The molecule has 1 fully saturated rings. The molecular formula is C27H34N4O5. The third-order valence-corrected chi connectivity index (χ3v) is 6.74. The fourth-order valence-corrected chi connectivity index (χ4v) is 4.62. The van der Waals surface area contributed by atoms with Gasteiger partial charge in [0.25, 0.3) is 5.91 Å². The Morgan fingerprint density at radius 1 is 1.08 bits per heavy atom. The predicted octanol–water partition coefficient (Wildman–Crippen LogP) is 3.20. The minimum atomic E-state index is -0.296. The van der Waals surface area contributed by atoms with Gasteiger partial charge in [0.1, 0.15) is 0 Å². The van der Waals surface area contributed by atoms with Crippen molar-refractivity contribution >= 4 is 17.6 Å². The molecule has 2 aromatic rings. The monoisotopic (exact) mass is 494 g/mol. The van der Waals surface area contributed by atoms with Crippen molar-refractivity contribution in [3.05, 3.63) is 58.7 Å². The average molecular weight is 495 g/mol. The van der Waals surface area contributed by atoms with E-state index < -0.39 is 0 Å². The van der Waals surface area contributed by atoms with Crippen LogP contribution in [0.25, 0.3) is 0 Å². The van der Waals surface area contributed by atoms with Crippen LogP contribution in [0.3, 0.4) is 0 Å². The molecule has 2 heterocycles. The van der Waals surface area contributed by atoms with Gasteiger partial charge in [0.15, 0.2) is 11.5 Å². The maximum atomic E-state index is 12.7. The Balaban J connectivity index is 1.65. The predicted molar refractivity (Wildman–Crippen MR) is 137 cm³/mol. The number of fused-ring (bicyclic) bond motifs is 1. The highest BCUT2D eigenvalue weighted by atomic mass is 16.5. The van der Waals surface area contributed by atoms with Gasteiger partial charge < -0.3 is 24.8 Å². The lowest BCUT2D eigenvalue weighted by Crippen LogP contribution is -2.41. The van der Waals surface area contributed by atoms with Crippen LogP contribution in [0.2, 0.25) is 0 Å². The largest absolute Gasteiger partial charge is 0.493 e. The smallest absolute Gasteiger partial charge is 0.337 e. The molecule has 192 valence electrons. The lowest BCUT2D eigenvalue weighted by molar-refractivity contribution is 0.0642. The number of urea groups is 1. The van der Waals surface area contributed by atoms with Crippen LogP contribution in [0.15, 0.2) is 41.5 Å². The van der Waals surface area contributed by atoms with E-state index >= 15 is 0 Å². The minimum absolute atomic E-state index is 0.108. The first-order valence-electron chi connectivity index (χ1n) is 12.3. The average Bonchev–Trinajstić information content (AvgIpc) is 3.06. The fraction of sp³-hybridized carbons (Fsp3) is 0.444. The molecule has 0 bridgehead atoms. The SMILES string of the molecule is CNC(=O)N1N=C(c2ccc(C(=O)NCC3CCOCC3)cc2)c2cc(OC)c(OC)cc2C[C@H]1C. The van der Waals surface area contributed by atoms with Gasteiger partial charge in [-0.05, 0) is 61.9 Å². The highest BCUT2D eigenvalue weighted by Crippen LogP contribution is 2.34. The third-order valence-electron chi connectivity index (χ3n) is 6.74. The molecule has 2 aliphatic rings. The number of rotatable bonds is 6. The van der Waals surface area contributed by atoms with E-state index in [-0.39, 0.29) is 18.0 Å². The van der Waals surface area contributed by atoms with E-state index in [1.807, 2.05) is 31.2 Å². The number of methoxy groups -OCH3 is 2. The Kier molecular flexibility index (Phi) is 8.10. The van der Waals surface area contributed by atoms with Crippen molar-refractivity contribution in [1.29, 1.82) is 0 Å². The zero-order chi connectivity index (χ0) is 25.7. The molecule has 4 rings (SSSR count). The number of carbonyl (C=O) groups is 2. The fourth-order valence-electron chi connectivity index (χ4n) is 4.62. The van der Waals surface area contributed by atoms with Crippen molar-refractivity contribution in [1.82, 2.24) is 15.6 Å². The minimum Gasteiger partial charge on any atom is -0.493 e. The molecule has 2 N–H and O–H groups in total. The van der Waals surface area contributed by atoms with Gasteiger partial charge in [-0.25, -0.2) is 9.80 Å². The Labute approximate surface area is 211 Å². The van der Waals surface area contributed by atoms with Crippen LogP contribution in [-0.4, -0.2) is 69.7 Å². The lowest BCUT2D eigenvalue weighted by atomic mass is 9.93. The van der Waals surface area contributed by atoms with Crippen molar-refractivity contribution in [2.75, 3.05) is 41.0 Å². The number of carbonyl (C=O) groups excluding carboxylic acids is 2. The number of benzene rings is 2. The first-order chi connectivity index (χ1) is 17.4. The van der Waals surface area contributed by atoms with E-state index in [0.29, 0.717) is 41.7 Å². The first kappa shape index (κ1) is 25.5. The van der Waals surface area contributed by atoms with Crippen molar-refractivity contribution in [2.45, 2.75) is 32.2 Å². The quantitative estimate of drug-likeness (QED) is 0.642. The second-order valence-corrected chi connectivity index (χ2v) is 9.11. The van der Waals surface area contributed by atoms with Crippen LogP contribution >= 0.6 is 0 Å². The van der Waals surface area contributed by atoms with E-state index in [4.69, 9.17) is 19.3 Å². The zero-order valence-electron chi connectivity index (χ0n) is 21.3. The number of nitrogens with zero attached hydrogens (tertiary/aromatic N) is 2. The normalized spacial score (nSPS) is 17.9. The number of ether oxygens (including phenoxy) is 3. The van der Waals surface area contributed by atoms with Gasteiger partial charge in [-0.15, -0.1) is 0 Å². The molecule has 0 radical (unpaired) electrons. The van der Waals surface area contributed by atoms with Gasteiger partial charge in [-0.1, -0.05) is 12.1 Å². The standard InChI is InChI=1S/C27H34N4O5/c1-17-13-21-14-23(34-3)24(35-4)15-22(21)25(30-31(17)27(33)28-2)19-5-7-20(8-6-19)26(32)29-16-18-9-11-36-12-10-18/h5-8,14-15,17-18H,9-13,16H2,1-4H3,(H,28,33)(H,29,32)/t17-/m1/s1. The summed E-state index contributed by atoms with van der Waals surface area (Å²) >= 11 is 0. The summed E-state index contributed by atoms with van der Waals surface area (Å²) in [6.07, 6.45) is 2.52. The summed E-state index contributed by atoms with van der Waals surface area (Å²) in [5.74, 6) is 1.54. The molecule has 36 heavy (non-hydrogen) atoms. The van der Waals surface area contributed by atoms with E-state index in [0.717, 1.165) is 42.7 Å². The first-order valence-corrected chi connectivity index (χ1v) is 12.3. The van der Waals surface area contributed by atoms with Gasteiger partial charge >= 0.3 is 6.03 Å². The van der Waals surface area contributed by atoms with Crippen molar-refractivity contribution in [3.63, 3.8) is 0 Å². The van der Waals surface area contributed by atoms with Crippen LogP contribution in [-0.2, 0) is 11.2 Å². The van der Waals surface area contributed by atoms with E-state index in [1.165, 1.54) is 5.01 Å². The highest BCUT2D eigenvalue weighted by Gasteiger charge is 2.28. The molecule has 0 saturated carbocycles. The van der Waals surface area contributed by atoms with Crippen LogP contribution < -0.4 is 20.1 Å². The number of hydrazone groups is 1. The second kappa shape index (κ2) is 11.4. The van der Waals surface area contributed by atoms with Crippen molar-refractivity contribution < 1.29 is 23.8 Å². The summed E-state index contributed by atoms with van der Waals surface area (Å²) in [4.78, 5) is 25.4. The van der Waals surface area contributed by atoms with Crippen LogP contribution in [0, 0.1) is 5.92 Å². The van der Waals surface area contributed by atoms with Gasteiger partial charge in [0.05, 0.1) is 26.0 Å². The van der Waals surface area contributed by atoms with E-state index in [1.54, 1.807) is 33.4 Å². The summed E-state index contributed by atoms with van der Waals surface area (Å²) < 4.78 is 16.5. The Hall–Kier alpha value is -3.59. The molecule has 0 unspecified atom stereocenters. The zero-order valence-corrected chi connectivity index (χ0v) is 21.3. The maximum absolute atomic E-state index is 12.7. The molecule has 3 amide bonds. The Bertz CT molecular complexity index is 1130. The third kappa shape index (κ3) is 5.46. The Morgan fingerprint density at radius 3 is 2.39 bits per heavy atom. The molecule has 1 saturated heterocycles. The Morgan fingerprint density at radius 2 is 1.75 bits per heavy atom. The summed E-state index contributed by atoms with van der Waals surface area (Å²) in [5, 5.41) is 11.9. The molecule has 2 aliphatic heterocycles. The molecule has 2 aromatic carbocycles. The van der Waals surface area contributed by atoms with E-state index in [2.05, 4.69) is 10.6 Å². The lowest BCUT2D eigenvalue weighted by Gasteiger charge is -2.22. The van der Waals surface area contributed by atoms with Crippen LogP contribution in [0.1, 0.15) is 46.8 Å². The molecule has 0 spiro atoms. The van der Waals surface area contributed by atoms with E-state index in [9.17, 15) is 9.59 Å². The summed E-state index contributed by atoms with van der Waals surface area (Å²) in [7, 11) is 4.77.